The maximum atomic E-state index is 15.1. The number of benzene rings is 3. The molecule has 5 aliphatic rings. The molecule has 0 spiro atoms. The molecular weight excluding hydrogens is 739 g/mol. The zero-order chi connectivity index (χ0) is 40.9. The molecular formula is C47H51NO10. The molecule has 58 heavy (non-hydrogen) atoms. The van der Waals surface area contributed by atoms with E-state index in [1.54, 1.807) is 26.0 Å². The van der Waals surface area contributed by atoms with Crippen LogP contribution in [0.4, 0.5) is 5.69 Å². The van der Waals surface area contributed by atoms with Crippen LogP contribution in [0.15, 0.2) is 59.7 Å². The summed E-state index contributed by atoms with van der Waals surface area (Å²) in [4.78, 5) is 41.5. The third-order valence-corrected chi connectivity index (χ3v) is 13.0. The number of aryl methyl sites for hydroxylation is 1. The van der Waals surface area contributed by atoms with E-state index in [4.69, 9.17) is 9.47 Å². The van der Waals surface area contributed by atoms with Crippen molar-refractivity contribution >= 4 is 23.4 Å². The first-order valence-electron chi connectivity index (χ1n) is 20.5. The van der Waals surface area contributed by atoms with Gasteiger partial charge >= 0.3 is 11.9 Å². The number of aliphatic hydroxyl groups excluding tert-OH is 3. The van der Waals surface area contributed by atoms with Crippen LogP contribution in [-0.4, -0.2) is 73.7 Å². The highest BCUT2D eigenvalue weighted by Gasteiger charge is 2.47. The molecule has 11 heteroatoms. The lowest BCUT2D eigenvalue weighted by Crippen LogP contribution is -2.52. The highest BCUT2D eigenvalue weighted by Crippen LogP contribution is 2.44. The number of fused-ring (bicyclic) bond motifs is 9. The summed E-state index contributed by atoms with van der Waals surface area (Å²) in [5.74, 6) is 3.41. The van der Waals surface area contributed by atoms with Gasteiger partial charge in [-0.1, -0.05) is 36.1 Å². The van der Waals surface area contributed by atoms with Crippen LogP contribution in [-0.2, 0) is 51.4 Å². The summed E-state index contributed by atoms with van der Waals surface area (Å²) in [6, 6.07) is 14.7. The fourth-order valence-electron chi connectivity index (χ4n) is 9.62. The summed E-state index contributed by atoms with van der Waals surface area (Å²) in [5.41, 5.74) is 4.85. The molecule has 304 valence electrons. The Balaban J connectivity index is 1.35. The summed E-state index contributed by atoms with van der Waals surface area (Å²) in [7, 11) is 0. The predicted octanol–water partition coefficient (Wildman–Crippen LogP) is 4.85. The lowest BCUT2D eigenvalue weighted by molar-refractivity contribution is -0.170. The number of ether oxygens (including phenoxy) is 2. The number of hydrogen-bond donors (Lipinski definition) is 6. The van der Waals surface area contributed by atoms with Crippen LogP contribution in [0.1, 0.15) is 103 Å². The molecule has 3 aromatic carbocycles. The van der Waals surface area contributed by atoms with Crippen LogP contribution >= 0.6 is 0 Å². The minimum absolute atomic E-state index is 0.00767. The van der Waals surface area contributed by atoms with E-state index in [2.05, 4.69) is 29.3 Å². The molecule has 11 nitrogen and oxygen atoms in total. The number of rotatable bonds is 5. The van der Waals surface area contributed by atoms with Gasteiger partial charge in [0.15, 0.2) is 0 Å². The second kappa shape index (κ2) is 16.0. The fourth-order valence-corrected chi connectivity index (χ4v) is 9.62. The minimum Gasteiger partial charge on any atom is -0.508 e. The molecule has 3 aromatic rings. The first-order valence-corrected chi connectivity index (χ1v) is 20.5. The summed E-state index contributed by atoms with van der Waals surface area (Å²) < 4.78 is 12.1. The average Bonchev–Trinajstić information content (AvgIpc) is 3.34. The molecule has 0 saturated heterocycles. The first-order chi connectivity index (χ1) is 27.7. The number of carbonyl (C=O) groups excluding carboxylic acids is 3. The molecule has 2 aliphatic carbocycles. The summed E-state index contributed by atoms with van der Waals surface area (Å²) in [6.45, 7) is 3.26. The van der Waals surface area contributed by atoms with Gasteiger partial charge in [-0.3, -0.25) is 9.59 Å². The van der Waals surface area contributed by atoms with Crippen LogP contribution in [0.25, 0.3) is 0 Å². The van der Waals surface area contributed by atoms with Gasteiger partial charge < -0.3 is 40.3 Å². The second-order valence-corrected chi connectivity index (χ2v) is 17.1. The lowest BCUT2D eigenvalue weighted by atomic mass is 9.68. The largest absolute Gasteiger partial charge is 0.508 e. The molecule has 6 N–H and O–H groups in total. The van der Waals surface area contributed by atoms with Crippen LogP contribution in [0.3, 0.4) is 0 Å². The van der Waals surface area contributed by atoms with Gasteiger partial charge in [-0.05, 0) is 115 Å². The third kappa shape index (κ3) is 8.03. The Bertz CT molecular complexity index is 2240. The molecule has 1 saturated carbocycles. The molecule has 3 heterocycles. The Morgan fingerprint density at radius 3 is 2.52 bits per heavy atom. The molecule has 8 rings (SSSR count). The zero-order valence-corrected chi connectivity index (χ0v) is 32.9. The van der Waals surface area contributed by atoms with Crippen molar-refractivity contribution < 1.29 is 49.4 Å². The predicted molar refractivity (Wildman–Crippen MR) is 214 cm³/mol. The Labute approximate surface area is 338 Å². The molecule has 0 unspecified atom stereocenters. The van der Waals surface area contributed by atoms with Gasteiger partial charge in [0.05, 0.1) is 31.2 Å². The normalized spacial score (nSPS) is 29.9. The van der Waals surface area contributed by atoms with Crippen LogP contribution in [0.2, 0.25) is 0 Å². The van der Waals surface area contributed by atoms with E-state index in [0.717, 1.165) is 16.7 Å². The van der Waals surface area contributed by atoms with Gasteiger partial charge in [-0.25, -0.2) is 4.79 Å². The van der Waals surface area contributed by atoms with E-state index in [9.17, 15) is 35.1 Å². The van der Waals surface area contributed by atoms with Gasteiger partial charge in [-0.15, -0.1) is 0 Å². The van der Waals surface area contributed by atoms with E-state index in [1.807, 2.05) is 18.2 Å². The summed E-state index contributed by atoms with van der Waals surface area (Å²) in [6.07, 6.45) is -0.406. The Kier molecular flexibility index (Phi) is 11.0. The average molecular weight is 790 g/mol. The maximum Gasteiger partial charge on any atom is 0.334 e. The first kappa shape index (κ1) is 39.8. The molecule has 8 atom stereocenters. The number of nitrogens with one attached hydrogen (secondary N) is 1. The standard InChI is InChI=1S/C47H51NO10/c1-25(50)23-48-36-14-27(24-49)13-31(16-36)29-5-6-30-21-45(54)57-43-22-41(52)34(18-38(30)43)20-44-47(2,56)35-8-10-40(51)33(15-35)12-26-3-4-28-7-9-37(39(17-29)46(55)58-44)42(53)19-32(28)11-26/h3-4,11,13-14,16,18,22,25,29-30,33,35,42,44,48-50,52-53,56H,7-10,12,15,17,19-21,23-24H2,1-2H3/b39-37+/t25-,29-,30-,33-,35-,42+,44+,47-/m0/s1. The highest BCUT2D eigenvalue weighted by atomic mass is 16.6. The van der Waals surface area contributed by atoms with Crippen molar-refractivity contribution in [1.82, 2.24) is 0 Å². The number of aromatic hydroxyl groups is 1. The van der Waals surface area contributed by atoms with Crippen molar-refractivity contribution in [2.45, 2.75) is 120 Å². The fraction of sp³-hybridized carbons (Fsp3) is 0.468. The van der Waals surface area contributed by atoms with Gasteiger partial charge in [0, 0.05) is 60.5 Å². The summed E-state index contributed by atoms with van der Waals surface area (Å²) in [5, 5.41) is 59.7. The molecule has 0 amide bonds. The van der Waals surface area contributed by atoms with Gasteiger partial charge in [0.2, 0.25) is 0 Å². The van der Waals surface area contributed by atoms with Crippen LogP contribution < -0.4 is 10.1 Å². The second-order valence-electron chi connectivity index (χ2n) is 17.1. The Hall–Kier alpha value is -4.99. The lowest BCUT2D eigenvalue weighted by Gasteiger charge is -2.42. The number of esters is 2. The molecule has 0 aromatic heterocycles. The molecule has 0 radical (unpaired) electrons. The highest BCUT2D eigenvalue weighted by molar-refractivity contribution is 5.90. The van der Waals surface area contributed by atoms with Crippen LogP contribution in [0.5, 0.6) is 11.5 Å². The maximum absolute atomic E-state index is 15.1. The number of hydrogen-bond acceptors (Lipinski definition) is 11. The molecule has 3 aliphatic heterocycles. The van der Waals surface area contributed by atoms with Crippen molar-refractivity contribution in [3.05, 3.63) is 98.6 Å². The van der Waals surface area contributed by atoms with Crippen molar-refractivity contribution in [3.63, 3.8) is 0 Å². The van der Waals surface area contributed by atoms with Crippen molar-refractivity contribution in [2.75, 3.05) is 11.9 Å². The van der Waals surface area contributed by atoms with E-state index in [1.165, 1.54) is 6.07 Å². The number of carbonyl (C=O) groups is 3. The van der Waals surface area contributed by atoms with Crippen molar-refractivity contribution in [1.29, 1.82) is 0 Å². The van der Waals surface area contributed by atoms with Gasteiger partial charge in [0.1, 0.15) is 29.0 Å². The number of aliphatic hydroxyl groups is 4. The van der Waals surface area contributed by atoms with E-state index >= 15 is 4.79 Å². The third-order valence-electron chi connectivity index (χ3n) is 13.0. The number of Topliss-reactive ketones (excluding diaryl/α,β-unsaturated/α-hetero) is 1. The molecule has 9 bridgehead atoms. The monoisotopic (exact) mass is 789 g/mol. The SMILES string of the molecule is C[C@H](O)CNc1cc(CO)cc([C@H]2C#C[C@H]3CC(=O)Oc4cc(O)c(cc43)C[C@H]3OC(=O)/C(=C4\CCc5ccc(cc5C[C@H]4O)C[C@H]4C[C@H](CCC4=O)[C@]3(C)O)C2)c1. The van der Waals surface area contributed by atoms with Gasteiger partial charge in [-0.2, -0.15) is 0 Å². The number of phenolic OH excluding ortho intramolecular Hbond substituents is 1. The Morgan fingerprint density at radius 2 is 1.72 bits per heavy atom. The summed E-state index contributed by atoms with van der Waals surface area (Å²) >= 11 is 0. The zero-order valence-electron chi connectivity index (χ0n) is 32.9. The van der Waals surface area contributed by atoms with E-state index < -0.39 is 53.6 Å². The number of ketones is 1. The quantitative estimate of drug-likeness (QED) is 0.118. The van der Waals surface area contributed by atoms with Crippen LogP contribution in [0, 0.1) is 23.7 Å². The van der Waals surface area contributed by atoms with E-state index in [0.29, 0.717) is 65.6 Å². The van der Waals surface area contributed by atoms with E-state index in [-0.39, 0.29) is 74.0 Å². The Morgan fingerprint density at radius 1 is 0.914 bits per heavy atom. The minimum atomic E-state index is -1.66. The van der Waals surface area contributed by atoms with Crippen molar-refractivity contribution in [3.8, 4) is 23.3 Å². The number of anilines is 1. The number of phenols is 1. The molecule has 1 fully saturated rings. The topological polar surface area (TPSA) is 183 Å². The smallest absolute Gasteiger partial charge is 0.334 e. The van der Waals surface area contributed by atoms with Gasteiger partial charge in [0.25, 0.3) is 0 Å². The van der Waals surface area contributed by atoms with Crippen molar-refractivity contribution in [2.24, 2.45) is 11.8 Å².